The van der Waals surface area contributed by atoms with Gasteiger partial charge in [0.2, 0.25) is 0 Å². The molecule has 5 heteroatoms. The van der Waals surface area contributed by atoms with Gasteiger partial charge in [0.1, 0.15) is 5.75 Å². The van der Waals surface area contributed by atoms with E-state index in [9.17, 15) is 4.79 Å². The molecular weight excluding hydrogens is 284 g/mol. The highest BCUT2D eigenvalue weighted by Gasteiger charge is 2.31. The van der Waals surface area contributed by atoms with Crippen LogP contribution in [-0.2, 0) is 17.6 Å². The largest absolute Gasteiger partial charge is 0.478 e. The lowest BCUT2D eigenvalue weighted by Crippen LogP contribution is -2.42. The molecule has 0 unspecified atom stereocenters. The first-order valence-electron chi connectivity index (χ1n) is 7.06. The molecule has 110 valence electrons. The average Bonchev–Trinajstić information content (AvgIpc) is 3.08. The van der Waals surface area contributed by atoms with Crippen LogP contribution in [0.2, 0.25) is 0 Å². The maximum atomic E-state index is 12.3. The monoisotopic (exact) mass is 302 g/mol. The number of hydrogen-bond donors (Lipinski definition) is 1. The van der Waals surface area contributed by atoms with Crippen LogP contribution in [0.5, 0.6) is 5.75 Å². The fraction of sp³-hybridized carbons (Fsp3) is 0.375. The summed E-state index contributed by atoms with van der Waals surface area (Å²) in [4.78, 5) is 16.4. The Morgan fingerprint density at radius 3 is 2.90 bits per heavy atom. The molecule has 0 aliphatic heterocycles. The van der Waals surface area contributed by atoms with E-state index in [1.807, 2.05) is 11.4 Å². The second-order valence-corrected chi connectivity index (χ2v) is 6.58. The van der Waals surface area contributed by atoms with E-state index in [1.54, 1.807) is 20.0 Å². The van der Waals surface area contributed by atoms with Gasteiger partial charge in [0.15, 0.2) is 10.7 Å². The lowest BCUT2D eigenvalue weighted by Gasteiger charge is -2.25. The van der Waals surface area contributed by atoms with Crippen LogP contribution in [0.1, 0.15) is 31.4 Å². The Kier molecular flexibility index (Phi) is 3.68. The molecule has 4 nitrogen and oxygen atoms in total. The highest BCUT2D eigenvalue weighted by atomic mass is 32.1. The summed E-state index contributed by atoms with van der Waals surface area (Å²) in [6.45, 7) is 3.53. The third-order valence-corrected chi connectivity index (χ3v) is 4.33. The van der Waals surface area contributed by atoms with Crippen molar-refractivity contribution in [3.63, 3.8) is 0 Å². The van der Waals surface area contributed by atoms with Crippen molar-refractivity contribution in [2.24, 2.45) is 0 Å². The van der Waals surface area contributed by atoms with Crippen molar-refractivity contribution in [1.82, 2.24) is 4.98 Å². The van der Waals surface area contributed by atoms with E-state index in [2.05, 4.69) is 22.4 Å². The predicted molar refractivity (Wildman–Crippen MR) is 83.9 cm³/mol. The maximum Gasteiger partial charge on any atom is 0.269 e. The standard InChI is InChI=1S/C16H18N2O2S/c1-16(2,14(19)18-15-17-8-9-21-15)20-13-7-6-11-4-3-5-12(11)10-13/h6-10H,3-5H2,1-2H3,(H,17,18,19). The van der Waals surface area contributed by atoms with Gasteiger partial charge in [-0.2, -0.15) is 0 Å². The molecule has 0 saturated carbocycles. The number of anilines is 1. The first kappa shape index (κ1) is 14.1. The first-order chi connectivity index (χ1) is 10.0. The van der Waals surface area contributed by atoms with E-state index >= 15 is 0 Å². The minimum atomic E-state index is -0.946. The molecule has 0 saturated heterocycles. The van der Waals surface area contributed by atoms with Gasteiger partial charge in [-0.1, -0.05) is 6.07 Å². The summed E-state index contributed by atoms with van der Waals surface area (Å²) in [6.07, 6.45) is 5.10. The lowest BCUT2D eigenvalue weighted by molar-refractivity contribution is -0.128. The number of benzene rings is 1. The number of nitrogens with one attached hydrogen (secondary N) is 1. The van der Waals surface area contributed by atoms with Gasteiger partial charge in [-0.05, 0) is 56.4 Å². The fourth-order valence-electron chi connectivity index (χ4n) is 2.49. The Morgan fingerprint density at radius 1 is 1.33 bits per heavy atom. The third kappa shape index (κ3) is 3.08. The van der Waals surface area contributed by atoms with Crippen molar-refractivity contribution in [1.29, 1.82) is 0 Å². The van der Waals surface area contributed by atoms with Crippen LogP contribution in [0.25, 0.3) is 0 Å². The summed E-state index contributed by atoms with van der Waals surface area (Å²) in [5.74, 6) is 0.549. The number of rotatable bonds is 4. The molecule has 2 aromatic rings. The maximum absolute atomic E-state index is 12.3. The summed E-state index contributed by atoms with van der Waals surface area (Å²) in [6, 6.07) is 6.11. The molecule has 0 fully saturated rings. The van der Waals surface area contributed by atoms with Crippen LogP contribution in [0.15, 0.2) is 29.8 Å². The Balaban J connectivity index is 1.71. The predicted octanol–water partition coefficient (Wildman–Crippen LogP) is 3.43. The summed E-state index contributed by atoms with van der Waals surface area (Å²) < 4.78 is 5.90. The quantitative estimate of drug-likeness (QED) is 0.941. The molecule has 1 aromatic heterocycles. The fourth-order valence-corrected chi connectivity index (χ4v) is 3.01. The topological polar surface area (TPSA) is 51.2 Å². The SMILES string of the molecule is CC(C)(Oc1ccc2c(c1)CCC2)C(=O)Nc1nccs1. The number of aryl methyl sites for hydroxylation is 2. The second kappa shape index (κ2) is 5.48. The van der Waals surface area contributed by atoms with Crippen molar-refractivity contribution >= 4 is 22.4 Å². The van der Waals surface area contributed by atoms with Gasteiger partial charge in [0.25, 0.3) is 5.91 Å². The molecule has 0 bridgehead atoms. The first-order valence-corrected chi connectivity index (χ1v) is 7.94. The summed E-state index contributed by atoms with van der Waals surface area (Å²) in [5.41, 5.74) is 1.79. The molecule has 3 rings (SSSR count). The van der Waals surface area contributed by atoms with Crippen LogP contribution >= 0.6 is 11.3 Å². The zero-order valence-electron chi connectivity index (χ0n) is 12.2. The number of carbonyl (C=O) groups is 1. The van der Waals surface area contributed by atoms with Crippen molar-refractivity contribution in [2.45, 2.75) is 38.7 Å². The van der Waals surface area contributed by atoms with E-state index in [1.165, 1.54) is 28.9 Å². The second-order valence-electron chi connectivity index (χ2n) is 5.69. The van der Waals surface area contributed by atoms with E-state index in [-0.39, 0.29) is 5.91 Å². The van der Waals surface area contributed by atoms with Crippen LogP contribution < -0.4 is 10.1 Å². The number of aromatic nitrogens is 1. The molecule has 21 heavy (non-hydrogen) atoms. The summed E-state index contributed by atoms with van der Waals surface area (Å²) in [7, 11) is 0. The van der Waals surface area contributed by atoms with Crippen molar-refractivity contribution in [3.8, 4) is 5.75 Å². The summed E-state index contributed by atoms with van der Waals surface area (Å²) >= 11 is 1.39. The zero-order valence-corrected chi connectivity index (χ0v) is 13.0. The smallest absolute Gasteiger partial charge is 0.269 e. The Morgan fingerprint density at radius 2 is 2.14 bits per heavy atom. The van der Waals surface area contributed by atoms with Gasteiger partial charge in [-0.15, -0.1) is 11.3 Å². The molecular formula is C16H18N2O2S. The van der Waals surface area contributed by atoms with Gasteiger partial charge in [0.05, 0.1) is 0 Å². The molecule has 0 atom stereocenters. The molecule has 1 aliphatic rings. The highest BCUT2D eigenvalue weighted by molar-refractivity contribution is 7.13. The minimum Gasteiger partial charge on any atom is -0.478 e. The van der Waals surface area contributed by atoms with Crippen molar-refractivity contribution in [3.05, 3.63) is 40.9 Å². The molecule has 1 aliphatic carbocycles. The van der Waals surface area contributed by atoms with Crippen LogP contribution in [-0.4, -0.2) is 16.5 Å². The number of carbonyl (C=O) groups excluding carboxylic acids is 1. The van der Waals surface area contributed by atoms with Gasteiger partial charge in [0, 0.05) is 11.6 Å². The third-order valence-electron chi connectivity index (χ3n) is 3.64. The van der Waals surface area contributed by atoms with E-state index in [0.29, 0.717) is 5.13 Å². The molecule has 0 radical (unpaired) electrons. The Hall–Kier alpha value is -1.88. The minimum absolute atomic E-state index is 0.196. The normalized spacial score (nSPS) is 13.8. The number of thiazole rings is 1. The zero-order chi connectivity index (χ0) is 14.9. The number of fused-ring (bicyclic) bond motifs is 1. The number of hydrogen-bond acceptors (Lipinski definition) is 4. The average molecular weight is 302 g/mol. The molecule has 1 heterocycles. The van der Waals surface area contributed by atoms with Crippen LogP contribution in [0.4, 0.5) is 5.13 Å². The molecule has 1 aromatic carbocycles. The van der Waals surface area contributed by atoms with E-state index < -0.39 is 5.60 Å². The number of amides is 1. The lowest BCUT2D eigenvalue weighted by atomic mass is 10.1. The molecule has 1 amide bonds. The van der Waals surface area contributed by atoms with Gasteiger partial charge < -0.3 is 4.74 Å². The number of nitrogens with zero attached hydrogens (tertiary/aromatic N) is 1. The Bertz CT molecular complexity index is 650. The Labute approximate surface area is 128 Å². The summed E-state index contributed by atoms with van der Waals surface area (Å²) in [5, 5.41) is 5.19. The van der Waals surface area contributed by atoms with Crippen LogP contribution in [0.3, 0.4) is 0 Å². The van der Waals surface area contributed by atoms with E-state index in [4.69, 9.17) is 4.74 Å². The molecule has 1 N–H and O–H groups in total. The van der Waals surface area contributed by atoms with Gasteiger partial charge >= 0.3 is 0 Å². The highest BCUT2D eigenvalue weighted by Crippen LogP contribution is 2.28. The van der Waals surface area contributed by atoms with Crippen molar-refractivity contribution < 1.29 is 9.53 Å². The van der Waals surface area contributed by atoms with Crippen LogP contribution in [0, 0.1) is 0 Å². The molecule has 0 spiro atoms. The van der Waals surface area contributed by atoms with Gasteiger partial charge in [-0.25, -0.2) is 4.98 Å². The van der Waals surface area contributed by atoms with Gasteiger partial charge in [-0.3, -0.25) is 10.1 Å². The number of ether oxygens (including phenoxy) is 1. The van der Waals surface area contributed by atoms with Crippen molar-refractivity contribution in [2.75, 3.05) is 5.32 Å². The van der Waals surface area contributed by atoms with E-state index in [0.717, 1.165) is 18.6 Å².